The van der Waals surface area contributed by atoms with Gasteiger partial charge in [-0.05, 0) is 52.3 Å². The molecule has 19 heavy (non-hydrogen) atoms. The molecule has 0 aliphatic heterocycles. The third kappa shape index (κ3) is 3.15. The minimum atomic E-state index is -0.308. The minimum absolute atomic E-state index is 0.0185. The molecule has 3 nitrogen and oxygen atoms in total. The van der Waals surface area contributed by atoms with Crippen molar-refractivity contribution in [1.29, 1.82) is 0 Å². The smallest absolute Gasteiger partial charge is 0.255 e. The number of carbonyl (C=O) groups excluding carboxylic acids is 1. The molecule has 2 rings (SSSR count). The van der Waals surface area contributed by atoms with Gasteiger partial charge in [0, 0.05) is 16.8 Å². The zero-order valence-electron chi connectivity index (χ0n) is 9.85. The monoisotopic (exact) mass is 315 g/mol. The van der Waals surface area contributed by atoms with Crippen LogP contribution < -0.4 is 5.32 Å². The van der Waals surface area contributed by atoms with Crippen LogP contribution in [0.2, 0.25) is 0 Å². The molecule has 0 aliphatic rings. The Balaban J connectivity index is 2.21. The van der Waals surface area contributed by atoms with Crippen molar-refractivity contribution in [2.24, 2.45) is 0 Å². The average Bonchev–Trinajstić information content (AvgIpc) is 2.42. The first-order valence-electron chi connectivity index (χ1n) is 5.46. The summed E-state index contributed by atoms with van der Waals surface area (Å²) in [6.45, 7) is 0. The van der Waals surface area contributed by atoms with Gasteiger partial charge in [0.25, 0.3) is 5.91 Å². The number of carbonyl (C=O) groups is 1. The molecule has 1 amide bonds. The lowest BCUT2D eigenvalue weighted by atomic mass is 10.1. The maximum atomic E-state index is 12.0. The second-order valence-corrected chi connectivity index (χ2v) is 4.70. The van der Waals surface area contributed by atoms with Crippen molar-refractivity contribution in [2.75, 3.05) is 5.32 Å². The van der Waals surface area contributed by atoms with Crippen molar-refractivity contribution < 1.29 is 9.90 Å². The molecule has 0 saturated carbocycles. The van der Waals surface area contributed by atoms with E-state index in [1.165, 1.54) is 6.07 Å². The summed E-state index contributed by atoms with van der Waals surface area (Å²) in [5.74, 6) is 2.21. The van der Waals surface area contributed by atoms with Crippen molar-refractivity contribution in [3.8, 4) is 18.1 Å². The Bertz CT molecular complexity index is 674. The van der Waals surface area contributed by atoms with Crippen LogP contribution in [0.25, 0.3) is 0 Å². The van der Waals surface area contributed by atoms with E-state index in [0.29, 0.717) is 21.3 Å². The largest absolute Gasteiger partial charge is 0.507 e. The number of hydrogen-bond acceptors (Lipinski definition) is 2. The standard InChI is InChI=1S/C15H10BrNO2/c1-2-10-4-3-5-12(8-10)17-15(19)11-6-7-13(16)14(18)9-11/h1,3-9,18H,(H,17,19). The summed E-state index contributed by atoms with van der Waals surface area (Å²) in [5.41, 5.74) is 1.67. The molecule has 0 spiro atoms. The summed E-state index contributed by atoms with van der Waals surface area (Å²) < 4.78 is 0.540. The number of phenolic OH excluding ortho intramolecular Hbond substituents is 1. The number of nitrogens with one attached hydrogen (secondary N) is 1. The number of benzene rings is 2. The Labute approximate surface area is 119 Å². The van der Waals surface area contributed by atoms with Crippen LogP contribution in [0.3, 0.4) is 0 Å². The first-order valence-corrected chi connectivity index (χ1v) is 6.26. The average molecular weight is 316 g/mol. The highest BCUT2D eigenvalue weighted by atomic mass is 79.9. The van der Waals surface area contributed by atoms with Crippen molar-refractivity contribution in [3.63, 3.8) is 0 Å². The van der Waals surface area contributed by atoms with E-state index in [-0.39, 0.29) is 11.7 Å². The van der Waals surface area contributed by atoms with Crippen molar-refractivity contribution >= 4 is 27.5 Å². The lowest BCUT2D eigenvalue weighted by Gasteiger charge is -2.06. The zero-order valence-corrected chi connectivity index (χ0v) is 11.4. The van der Waals surface area contributed by atoms with Gasteiger partial charge in [0.05, 0.1) is 4.47 Å². The Morgan fingerprint density at radius 2 is 2.05 bits per heavy atom. The predicted octanol–water partition coefficient (Wildman–Crippen LogP) is 3.39. The minimum Gasteiger partial charge on any atom is -0.507 e. The first kappa shape index (κ1) is 13.2. The van der Waals surface area contributed by atoms with Gasteiger partial charge in [-0.25, -0.2) is 0 Å². The molecule has 0 atom stereocenters. The highest BCUT2D eigenvalue weighted by Gasteiger charge is 2.08. The Kier molecular flexibility index (Phi) is 3.88. The van der Waals surface area contributed by atoms with Crippen LogP contribution in [0.1, 0.15) is 15.9 Å². The molecular formula is C15H10BrNO2. The molecule has 0 aliphatic carbocycles. The summed E-state index contributed by atoms with van der Waals surface area (Å²) in [5, 5.41) is 12.3. The topological polar surface area (TPSA) is 49.3 Å². The van der Waals surface area contributed by atoms with Gasteiger partial charge in [-0.15, -0.1) is 6.42 Å². The fourth-order valence-corrected chi connectivity index (χ4v) is 1.79. The number of amides is 1. The van der Waals surface area contributed by atoms with Gasteiger partial charge in [-0.3, -0.25) is 4.79 Å². The van der Waals surface area contributed by atoms with Gasteiger partial charge < -0.3 is 10.4 Å². The number of halogens is 1. The van der Waals surface area contributed by atoms with E-state index in [1.54, 1.807) is 36.4 Å². The van der Waals surface area contributed by atoms with E-state index in [2.05, 4.69) is 27.2 Å². The number of terminal acetylenes is 1. The fraction of sp³-hybridized carbons (Fsp3) is 0. The van der Waals surface area contributed by atoms with Crippen LogP contribution >= 0.6 is 15.9 Å². The van der Waals surface area contributed by atoms with Gasteiger partial charge in [-0.2, -0.15) is 0 Å². The van der Waals surface area contributed by atoms with E-state index in [1.807, 2.05) is 0 Å². The van der Waals surface area contributed by atoms with Gasteiger partial charge >= 0.3 is 0 Å². The van der Waals surface area contributed by atoms with Crippen molar-refractivity contribution in [3.05, 3.63) is 58.1 Å². The van der Waals surface area contributed by atoms with E-state index >= 15 is 0 Å². The van der Waals surface area contributed by atoms with E-state index < -0.39 is 0 Å². The number of hydrogen-bond donors (Lipinski definition) is 2. The normalized spacial score (nSPS) is 9.68. The lowest BCUT2D eigenvalue weighted by molar-refractivity contribution is 0.102. The molecule has 0 heterocycles. The quantitative estimate of drug-likeness (QED) is 0.835. The second-order valence-electron chi connectivity index (χ2n) is 3.85. The summed E-state index contributed by atoms with van der Waals surface area (Å²) in [7, 11) is 0. The maximum Gasteiger partial charge on any atom is 0.255 e. The van der Waals surface area contributed by atoms with Crippen LogP contribution in [0.15, 0.2) is 46.9 Å². The Morgan fingerprint density at radius 3 is 2.74 bits per heavy atom. The molecule has 0 aromatic heterocycles. The van der Waals surface area contributed by atoms with E-state index in [0.717, 1.165) is 0 Å². The number of aromatic hydroxyl groups is 1. The summed E-state index contributed by atoms with van der Waals surface area (Å²) >= 11 is 3.16. The van der Waals surface area contributed by atoms with Gasteiger partial charge in [0.1, 0.15) is 5.75 Å². The second kappa shape index (κ2) is 5.59. The van der Waals surface area contributed by atoms with Crippen LogP contribution in [0.4, 0.5) is 5.69 Å². The molecule has 0 saturated heterocycles. The number of phenols is 1. The molecule has 0 unspecified atom stereocenters. The van der Waals surface area contributed by atoms with Crippen molar-refractivity contribution in [2.45, 2.75) is 0 Å². The van der Waals surface area contributed by atoms with Gasteiger partial charge in [0.2, 0.25) is 0 Å². The van der Waals surface area contributed by atoms with Crippen LogP contribution in [-0.2, 0) is 0 Å². The van der Waals surface area contributed by atoms with Crippen molar-refractivity contribution in [1.82, 2.24) is 0 Å². The molecule has 0 bridgehead atoms. The van der Waals surface area contributed by atoms with Crippen LogP contribution in [0.5, 0.6) is 5.75 Å². The Hall–Kier alpha value is -2.25. The van der Waals surface area contributed by atoms with Gasteiger partial charge in [-0.1, -0.05) is 12.0 Å². The molecule has 2 N–H and O–H groups in total. The third-order valence-corrected chi connectivity index (χ3v) is 3.17. The summed E-state index contributed by atoms with van der Waals surface area (Å²) in [6, 6.07) is 11.6. The summed E-state index contributed by atoms with van der Waals surface area (Å²) in [4.78, 5) is 12.0. The predicted molar refractivity (Wildman–Crippen MR) is 78.1 cm³/mol. The molecule has 94 valence electrons. The Morgan fingerprint density at radius 1 is 1.26 bits per heavy atom. The number of anilines is 1. The first-order chi connectivity index (χ1) is 9.10. The highest BCUT2D eigenvalue weighted by molar-refractivity contribution is 9.10. The fourth-order valence-electron chi connectivity index (χ4n) is 1.54. The summed E-state index contributed by atoms with van der Waals surface area (Å²) in [6.07, 6.45) is 5.30. The van der Waals surface area contributed by atoms with E-state index in [4.69, 9.17) is 6.42 Å². The maximum absolute atomic E-state index is 12.0. The molecule has 2 aromatic carbocycles. The lowest BCUT2D eigenvalue weighted by Crippen LogP contribution is -2.11. The zero-order chi connectivity index (χ0) is 13.8. The molecule has 0 fully saturated rings. The van der Waals surface area contributed by atoms with Crippen LogP contribution in [0, 0.1) is 12.3 Å². The molecule has 4 heteroatoms. The van der Waals surface area contributed by atoms with E-state index in [9.17, 15) is 9.90 Å². The SMILES string of the molecule is C#Cc1cccc(NC(=O)c2ccc(Br)c(O)c2)c1. The third-order valence-electron chi connectivity index (χ3n) is 2.50. The molecule has 0 radical (unpaired) electrons. The molecular weight excluding hydrogens is 306 g/mol. The van der Waals surface area contributed by atoms with Gasteiger partial charge in [0.15, 0.2) is 0 Å². The highest BCUT2D eigenvalue weighted by Crippen LogP contribution is 2.24. The number of rotatable bonds is 2. The molecule has 2 aromatic rings. The van der Waals surface area contributed by atoms with Crippen LogP contribution in [-0.4, -0.2) is 11.0 Å².